The van der Waals surface area contributed by atoms with Gasteiger partial charge in [0, 0.05) is 19.6 Å². The van der Waals surface area contributed by atoms with E-state index in [9.17, 15) is 0 Å². The van der Waals surface area contributed by atoms with Crippen molar-refractivity contribution in [3.63, 3.8) is 0 Å². The first-order chi connectivity index (χ1) is 8.70. The fourth-order valence-electron chi connectivity index (χ4n) is 2.23. The molecule has 2 N–H and O–H groups in total. The Morgan fingerprint density at radius 1 is 1.50 bits per heavy atom. The molecule has 1 fully saturated rings. The summed E-state index contributed by atoms with van der Waals surface area (Å²) in [6.07, 6.45) is 5.44. The van der Waals surface area contributed by atoms with Crippen molar-refractivity contribution < 1.29 is 0 Å². The van der Waals surface area contributed by atoms with E-state index < -0.39 is 0 Å². The maximum absolute atomic E-state index is 6.08. The second-order valence-electron chi connectivity index (χ2n) is 4.65. The van der Waals surface area contributed by atoms with E-state index in [4.69, 9.17) is 11.6 Å². The number of anilines is 2. The van der Waals surface area contributed by atoms with Gasteiger partial charge in [-0.2, -0.15) is 4.98 Å². The quantitative estimate of drug-likeness (QED) is 0.876. The van der Waals surface area contributed by atoms with Crippen LogP contribution in [0.15, 0.2) is 6.20 Å². The number of rotatable bonds is 4. The average Bonchev–Trinajstić information content (AvgIpc) is 2.39. The van der Waals surface area contributed by atoms with Gasteiger partial charge < -0.3 is 15.5 Å². The van der Waals surface area contributed by atoms with Crippen molar-refractivity contribution in [3.8, 4) is 0 Å². The molecule has 0 aliphatic carbocycles. The molecule has 1 aromatic rings. The number of piperidine rings is 1. The van der Waals surface area contributed by atoms with Gasteiger partial charge in [-0.25, -0.2) is 4.98 Å². The summed E-state index contributed by atoms with van der Waals surface area (Å²) in [5.74, 6) is 1.29. The minimum absolute atomic E-state index is 0.558. The molecule has 0 aromatic carbocycles. The smallest absolute Gasteiger partial charge is 0.224 e. The first kappa shape index (κ1) is 13.4. The van der Waals surface area contributed by atoms with Gasteiger partial charge in [0.1, 0.15) is 5.02 Å². The number of hydrogen-bond donors (Lipinski definition) is 2. The molecule has 0 radical (unpaired) electrons. The van der Waals surface area contributed by atoms with E-state index in [1.54, 1.807) is 13.2 Å². The molecule has 1 atom stereocenters. The number of nitrogens with one attached hydrogen (secondary N) is 2. The maximum Gasteiger partial charge on any atom is 0.224 e. The van der Waals surface area contributed by atoms with Crippen LogP contribution >= 0.6 is 11.6 Å². The number of halogens is 1. The third kappa shape index (κ3) is 3.23. The lowest BCUT2D eigenvalue weighted by Gasteiger charge is -2.32. The third-order valence-electron chi connectivity index (χ3n) is 3.39. The molecule has 0 amide bonds. The van der Waals surface area contributed by atoms with Crippen LogP contribution in [-0.4, -0.2) is 48.1 Å². The van der Waals surface area contributed by atoms with Crippen LogP contribution in [0.25, 0.3) is 0 Å². The maximum atomic E-state index is 6.08. The molecule has 5 nitrogen and oxygen atoms in total. The van der Waals surface area contributed by atoms with E-state index in [2.05, 4.69) is 32.5 Å². The molecular formula is C12H20ClN5. The van der Waals surface area contributed by atoms with Gasteiger partial charge in [0.25, 0.3) is 0 Å². The van der Waals surface area contributed by atoms with Crippen LogP contribution in [-0.2, 0) is 0 Å². The first-order valence-corrected chi connectivity index (χ1v) is 6.73. The van der Waals surface area contributed by atoms with Gasteiger partial charge in [-0.05, 0) is 26.4 Å². The average molecular weight is 270 g/mol. The Bertz CT molecular complexity index is 398. The lowest BCUT2D eigenvalue weighted by Crippen LogP contribution is -2.40. The summed E-state index contributed by atoms with van der Waals surface area (Å²) in [6, 6.07) is 0.558. The summed E-state index contributed by atoms with van der Waals surface area (Å²) in [5, 5.41) is 6.80. The molecule has 100 valence electrons. The number of nitrogens with zero attached hydrogens (tertiary/aromatic N) is 3. The minimum Gasteiger partial charge on any atom is -0.367 e. The van der Waals surface area contributed by atoms with E-state index in [0.29, 0.717) is 22.8 Å². The molecule has 6 heteroatoms. The monoisotopic (exact) mass is 269 g/mol. The Labute approximate surface area is 113 Å². The highest BCUT2D eigenvalue weighted by Crippen LogP contribution is 2.21. The van der Waals surface area contributed by atoms with Crippen LogP contribution in [0.1, 0.15) is 19.3 Å². The van der Waals surface area contributed by atoms with Crippen molar-refractivity contribution in [1.29, 1.82) is 0 Å². The summed E-state index contributed by atoms with van der Waals surface area (Å²) in [6.45, 7) is 2.04. The van der Waals surface area contributed by atoms with Crippen molar-refractivity contribution in [2.45, 2.75) is 25.3 Å². The number of aromatic nitrogens is 2. The van der Waals surface area contributed by atoms with Crippen LogP contribution in [0.2, 0.25) is 5.02 Å². The predicted octanol–water partition coefficient (Wildman–Crippen LogP) is 2.07. The Morgan fingerprint density at radius 2 is 2.33 bits per heavy atom. The Morgan fingerprint density at radius 3 is 3.06 bits per heavy atom. The summed E-state index contributed by atoms with van der Waals surface area (Å²) in [4.78, 5) is 10.8. The van der Waals surface area contributed by atoms with E-state index >= 15 is 0 Å². The van der Waals surface area contributed by atoms with Gasteiger partial charge in [-0.15, -0.1) is 0 Å². The van der Waals surface area contributed by atoms with Crippen LogP contribution in [0.5, 0.6) is 0 Å². The zero-order valence-corrected chi connectivity index (χ0v) is 11.7. The zero-order valence-electron chi connectivity index (χ0n) is 10.9. The second kappa shape index (κ2) is 6.20. The van der Waals surface area contributed by atoms with E-state index in [-0.39, 0.29) is 0 Å². The van der Waals surface area contributed by atoms with Crippen LogP contribution < -0.4 is 10.6 Å². The van der Waals surface area contributed by atoms with Gasteiger partial charge >= 0.3 is 0 Å². The number of likely N-dealkylation sites (N-methyl/N-ethyl adjacent to an activating group) is 1. The molecule has 1 aliphatic rings. The summed E-state index contributed by atoms with van der Waals surface area (Å²) < 4.78 is 0. The van der Waals surface area contributed by atoms with E-state index in [0.717, 1.165) is 6.54 Å². The molecular weight excluding hydrogens is 250 g/mol. The van der Waals surface area contributed by atoms with Crippen molar-refractivity contribution in [2.75, 3.05) is 37.8 Å². The molecule has 1 saturated heterocycles. The largest absolute Gasteiger partial charge is 0.367 e. The van der Waals surface area contributed by atoms with Gasteiger partial charge in [0.15, 0.2) is 5.82 Å². The molecule has 1 aliphatic heterocycles. The molecule has 0 bridgehead atoms. The highest BCUT2D eigenvalue weighted by atomic mass is 35.5. The predicted molar refractivity (Wildman–Crippen MR) is 75.3 cm³/mol. The van der Waals surface area contributed by atoms with Gasteiger partial charge in [-0.3, -0.25) is 0 Å². The number of likely N-dealkylation sites (tertiary alicyclic amines) is 1. The van der Waals surface area contributed by atoms with Gasteiger partial charge in [-0.1, -0.05) is 18.0 Å². The first-order valence-electron chi connectivity index (χ1n) is 6.35. The molecule has 0 saturated carbocycles. The van der Waals surface area contributed by atoms with E-state index in [1.165, 1.54) is 25.8 Å². The lowest BCUT2D eigenvalue weighted by atomic mass is 10.0. The van der Waals surface area contributed by atoms with Crippen molar-refractivity contribution >= 4 is 23.4 Å². The third-order valence-corrected chi connectivity index (χ3v) is 3.67. The molecule has 2 rings (SSSR count). The van der Waals surface area contributed by atoms with Gasteiger partial charge in [0.05, 0.1) is 6.20 Å². The van der Waals surface area contributed by atoms with Crippen LogP contribution in [0, 0.1) is 0 Å². The topological polar surface area (TPSA) is 53.1 Å². The Kier molecular flexibility index (Phi) is 4.60. The fraction of sp³-hybridized carbons (Fsp3) is 0.667. The standard InChI is InChI=1S/C12H20ClN5/c1-14-12-16-8-10(13)11(17-12)15-7-9-5-3-4-6-18(9)2/h8-9H,3-7H2,1-2H3,(H2,14,15,16,17). The van der Waals surface area contributed by atoms with Crippen molar-refractivity contribution in [1.82, 2.24) is 14.9 Å². The molecule has 2 heterocycles. The zero-order chi connectivity index (χ0) is 13.0. The Balaban J connectivity index is 1.96. The van der Waals surface area contributed by atoms with Crippen molar-refractivity contribution in [3.05, 3.63) is 11.2 Å². The molecule has 18 heavy (non-hydrogen) atoms. The van der Waals surface area contributed by atoms with Gasteiger partial charge in [0.2, 0.25) is 5.95 Å². The highest BCUT2D eigenvalue weighted by Gasteiger charge is 2.19. The summed E-state index contributed by atoms with van der Waals surface area (Å²) in [7, 11) is 3.97. The number of hydrogen-bond acceptors (Lipinski definition) is 5. The Hall–Kier alpha value is -1.07. The summed E-state index contributed by atoms with van der Waals surface area (Å²) >= 11 is 6.08. The second-order valence-corrected chi connectivity index (χ2v) is 5.06. The molecule has 1 aromatic heterocycles. The van der Waals surface area contributed by atoms with Crippen LogP contribution in [0.3, 0.4) is 0 Å². The highest BCUT2D eigenvalue weighted by molar-refractivity contribution is 6.32. The minimum atomic E-state index is 0.558. The SMILES string of the molecule is CNc1ncc(Cl)c(NCC2CCCCN2C)n1. The van der Waals surface area contributed by atoms with E-state index in [1.807, 2.05) is 0 Å². The van der Waals surface area contributed by atoms with Crippen molar-refractivity contribution in [2.24, 2.45) is 0 Å². The fourth-order valence-corrected chi connectivity index (χ4v) is 2.39. The molecule has 1 unspecified atom stereocenters. The lowest BCUT2D eigenvalue weighted by molar-refractivity contribution is 0.194. The summed E-state index contributed by atoms with van der Waals surface area (Å²) in [5.41, 5.74) is 0. The molecule has 0 spiro atoms. The van der Waals surface area contributed by atoms with Crippen LogP contribution in [0.4, 0.5) is 11.8 Å². The normalized spacial score (nSPS) is 20.7.